The third kappa shape index (κ3) is 3.93. The first kappa shape index (κ1) is 15.3. The van der Waals surface area contributed by atoms with E-state index in [2.05, 4.69) is 34.9 Å². The Morgan fingerprint density at radius 2 is 2.10 bits per heavy atom. The SMILES string of the molecule is CCC(O)c1ccc(N(C)CC2CCN(C)CC2)cn1. The second kappa shape index (κ2) is 7.04. The molecule has 20 heavy (non-hydrogen) atoms. The number of likely N-dealkylation sites (tertiary alicyclic amines) is 1. The molecule has 1 aromatic rings. The van der Waals surface area contributed by atoms with Gasteiger partial charge in [0, 0.05) is 13.6 Å². The zero-order valence-corrected chi connectivity index (χ0v) is 12.9. The van der Waals surface area contributed by atoms with E-state index in [1.54, 1.807) is 0 Å². The lowest BCUT2D eigenvalue weighted by atomic mass is 9.96. The molecule has 0 aliphatic carbocycles. The topological polar surface area (TPSA) is 39.6 Å². The van der Waals surface area contributed by atoms with Crippen LogP contribution in [0.15, 0.2) is 18.3 Å². The number of aromatic nitrogens is 1. The van der Waals surface area contributed by atoms with Gasteiger partial charge in [-0.25, -0.2) is 0 Å². The third-order valence-corrected chi connectivity index (χ3v) is 4.31. The molecule has 0 aromatic carbocycles. The Morgan fingerprint density at radius 3 is 2.65 bits per heavy atom. The lowest BCUT2D eigenvalue weighted by molar-refractivity contribution is 0.169. The van der Waals surface area contributed by atoms with E-state index in [1.807, 2.05) is 19.2 Å². The summed E-state index contributed by atoms with van der Waals surface area (Å²) in [7, 11) is 4.33. The molecule has 2 heterocycles. The molecule has 0 spiro atoms. The van der Waals surface area contributed by atoms with Crippen molar-refractivity contribution in [1.29, 1.82) is 0 Å². The Balaban J connectivity index is 1.90. The predicted molar refractivity (Wildman–Crippen MR) is 83.0 cm³/mol. The Kier molecular flexibility index (Phi) is 5.38. The highest BCUT2D eigenvalue weighted by molar-refractivity contribution is 5.43. The van der Waals surface area contributed by atoms with Gasteiger partial charge < -0.3 is 14.9 Å². The van der Waals surface area contributed by atoms with E-state index in [1.165, 1.54) is 25.9 Å². The molecule has 1 aliphatic rings. The molecule has 1 saturated heterocycles. The first-order valence-electron chi connectivity index (χ1n) is 7.63. The molecule has 1 fully saturated rings. The number of rotatable bonds is 5. The van der Waals surface area contributed by atoms with Crippen LogP contribution in [0.2, 0.25) is 0 Å². The average molecular weight is 277 g/mol. The second-order valence-electron chi connectivity index (χ2n) is 5.99. The van der Waals surface area contributed by atoms with Gasteiger partial charge in [0.15, 0.2) is 0 Å². The number of nitrogens with zero attached hydrogens (tertiary/aromatic N) is 3. The molecular formula is C16H27N3O. The van der Waals surface area contributed by atoms with E-state index < -0.39 is 6.10 Å². The van der Waals surface area contributed by atoms with E-state index in [0.29, 0.717) is 6.42 Å². The van der Waals surface area contributed by atoms with E-state index in [-0.39, 0.29) is 0 Å². The number of hydrogen-bond acceptors (Lipinski definition) is 4. The smallest absolute Gasteiger partial charge is 0.0957 e. The van der Waals surface area contributed by atoms with Crippen LogP contribution in [0.3, 0.4) is 0 Å². The second-order valence-corrected chi connectivity index (χ2v) is 5.99. The zero-order chi connectivity index (χ0) is 14.5. The summed E-state index contributed by atoms with van der Waals surface area (Å²) in [5, 5.41) is 9.76. The monoisotopic (exact) mass is 277 g/mol. The molecule has 0 saturated carbocycles. The summed E-state index contributed by atoms with van der Waals surface area (Å²) in [4.78, 5) is 9.06. The van der Waals surface area contributed by atoms with Crippen LogP contribution in [0.4, 0.5) is 5.69 Å². The lowest BCUT2D eigenvalue weighted by Crippen LogP contribution is -2.35. The van der Waals surface area contributed by atoms with Crippen molar-refractivity contribution in [3.63, 3.8) is 0 Å². The number of hydrogen-bond donors (Lipinski definition) is 1. The van der Waals surface area contributed by atoms with Crippen molar-refractivity contribution in [2.24, 2.45) is 5.92 Å². The Labute approximate surface area is 122 Å². The van der Waals surface area contributed by atoms with Gasteiger partial charge in [0.25, 0.3) is 0 Å². The highest BCUT2D eigenvalue weighted by atomic mass is 16.3. The van der Waals surface area contributed by atoms with Gasteiger partial charge in [-0.3, -0.25) is 4.98 Å². The van der Waals surface area contributed by atoms with Crippen molar-refractivity contribution in [2.75, 3.05) is 38.6 Å². The van der Waals surface area contributed by atoms with Crippen molar-refractivity contribution >= 4 is 5.69 Å². The van der Waals surface area contributed by atoms with Gasteiger partial charge >= 0.3 is 0 Å². The summed E-state index contributed by atoms with van der Waals surface area (Å²) < 4.78 is 0. The highest BCUT2D eigenvalue weighted by Crippen LogP contribution is 2.21. The predicted octanol–water partition coefficient (Wildman–Crippen LogP) is 2.30. The molecule has 1 aromatic heterocycles. The molecule has 1 N–H and O–H groups in total. The van der Waals surface area contributed by atoms with Gasteiger partial charge in [-0.05, 0) is 57.5 Å². The minimum absolute atomic E-state index is 0.441. The first-order chi connectivity index (χ1) is 9.60. The van der Waals surface area contributed by atoms with Crippen LogP contribution < -0.4 is 4.90 Å². The van der Waals surface area contributed by atoms with Crippen LogP contribution >= 0.6 is 0 Å². The fourth-order valence-corrected chi connectivity index (χ4v) is 2.77. The van der Waals surface area contributed by atoms with Crippen LogP contribution in [0, 0.1) is 5.92 Å². The van der Waals surface area contributed by atoms with E-state index >= 15 is 0 Å². The van der Waals surface area contributed by atoms with Crippen LogP contribution in [-0.4, -0.2) is 48.7 Å². The maximum atomic E-state index is 9.76. The van der Waals surface area contributed by atoms with Crippen molar-refractivity contribution in [1.82, 2.24) is 9.88 Å². The summed E-state index contributed by atoms with van der Waals surface area (Å²) in [6.45, 7) is 5.47. The quantitative estimate of drug-likeness (QED) is 0.896. The van der Waals surface area contributed by atoms with Crippen LogP contribution in [0.25, 0.3) is 0 Å². The summed E-state index contributed by atoms with van der Waals surface area (Å²) in [5.74, 6) is 0.775. The molecule has 112 valence electrons. The van der Waals surface area contributed by atoms with Crippen molar-refractivity contribution in [3.8, 4) is 0 Å². The number of anilines is 1. The lowest BCUT2D eigenvalue weighted by Gasteiger charge is -2.32. The fraction of sp³-hybridized carbons (Fsp3) is 0.688. The first-order valence-corrected chi connectivity index (χ1v) is 7.63. The molecule has 0 amide bonds. The van der Waals surface area contributed by atoms with Gasteiger partial charge in [0.05, 0.1) is 23.7 Å². The maximum absolute atomic E-state index is 9.76. The van der Waals surface area contributed by atoms with Crippen LogP contribution in [-0.2, 0) is 0 Å². The molecule has 0 bridgehead atoms. The minimum Gasteiger partial charge on any atom is -0.387 e. The van der Waals surface area contributed by atoms with Gasteiger partial charge in [-0.15, -0.1) is 0 Å². The zero-order valence-electron chi connectivity index (χ0n) is 12.9. The largest absolute Gasteiger partial charge is 0.387 e. The summed E-state index contributed by atoms with van der Waals surface area (Å²) in [6, 6.07) is 4.00. The molecule has 4 nitrogen and oxygen atoms in total. The van der Waals surface area contributed by atoms with Crippen LogP contribution in [0.1, 0.15) is 38.0 Å². The Hall–Kier alpha value is -1.13. The minimum atomic E-state index is -0.441. The number of pyridine rings is 1. The number of aliphatic hydroxyl groups is 1. The van der Waals surface area contributed by atoms with E-state index in [9.17, 15) is 5.11 Å². The maximum Gasteiger partial charge on any atom is 0.0957 e. The summed E-state index contributed by atoms with van der Waals surface area (Å²) in [5.41, 5.74) is 1.90. The van der Waals surface area contributed by atoms with E-state index in [0.717, 1.165) is 23.8 Å². The van der Waals surface area contributed by atoms with Crippen molar-refractivity contribution < 1.29 is 5.11 Å². The van der Waals surface area contributed by atoms with Gasteiger partial charge in [-0.1, -0.05) is 6.92 Å². The molecule has 2 rings (SSSR count). The third-order valence-electron chi connectivity index (χ3n) is 4.31. The molecular weight excluding hydrogens is 250 g/mol. The molecule has 4 heteroatoms. The van der Waals surface area contributed by atoms with Crippen molar-refractivity contribution in [2.45, 2.75) is 32.3 Å². The van der Waals surface area contributed by atoms with Crippen molar-refractivity contribution in [3.05, 3.63) is 24.0 Å². The molecule has 0 radical (unpaired) electrons. The number of aliphatic hydroxyl groups excluding tert-OH is 1. The van der Waals surface area contributed by atoms with Gasteiger partial charge in [-0.2, -0.15) is 0 Å². The molecule has 1 aliphatic heterocycles. The molecule has 1 atom stereocenters. The molecule has 1 unspecified atom stereocenters. The summed E-state index contributed by atoms with van der Waals surface area (Å²) >= 11 is 0. The highest BCUT2D eigenvalue weighted by Gasteiger charge is 2.18. The Bertz CT molecular complexity index is 399. The fourth-order valence-electron chi connectivity index (χ4n) is 2.77. The number of piperidine rings is 1. The van der Waals surface area contributed by atoms with Gasteiger partial charge in [0.1, 0.15) is 0 Å². The Morgan fingerprint density at radius 1 is 1.40 bits per heavy atom. The average Bonchev–Trinajstić information content (AvgIpc) is 2.49. The summed E-state index contributed by atoms with van der Waals surface area (Å²) in [6.07, 6.45) is 4.70. The van der Waals surface area contributed by atoms with Gasteiger partial charge in [0.2, 0.25) is 0 Å². The van der Waals surface area contributed by atoms with E-state index in [4.69, 9.17) is 0 Å². The standard InChI is InChI=1S/C16H27N3O/c1-4-16(20)15-6-5-14(11-17-15)19(3)12-13-7-9-18(2)10-8-13/h5-6,11,13,16,20H,4,7-10,12H2,1-3H3. The normalized spacial score (nSPS) is 19.0. The van der Waals surface area contributed by atoms with Crippen LogP contribution in [0.5, 0.6) is 0 Å².